The predicted octanol–water partition coefficient (Wildman–Crippen LogP) is 2.09. The lowest BCUT2D eigenvalue weighted by molar-refractivity contribution is -0.130. The molecule has 7 nitrogen and oxygen atoms in total. The topological polar surface area (TPSA) is 83.0 Å². The summed E-state index contributed by atoms with van der Waals surface area (Å²) in [5.41, 5.74) is 1.12. The summed E-state index contributed by atoms with van der Waals surface area (Å²) in [7, 11) is 1.62. The molecule has 3 atom stereocenters. The SMILES string of the molecule is COc1ccc([C@H]2[C@@H]3CN(C(=O)c4ncccc4O)C[C@@H]3CN2C(C)=O)cc1. The Balaban J connectivity index is 1.59. The highest BCUT2D eigenvalue weighted by atomic mass is 16.5. The standard InChI is InChI=1S/C21H23N3O4/c1-13(25)24-11-15-10-23(21(27)19-18(26)4-3-9-22-19)12-17(15)20(24)14-5-7-16(28-2)8-6-14/h3-9,15,17,20,26H,10-12H2,1-2H3/t15-,17-,20+/m1/s1. The number of rotatable bonds is 3. The van der Waals surface area contributed by atoms with Gasteiger partial charge in [-0.2, -0.15) is 0 Å². The third-order valence-corrected chi connectivity index (χ3v) is 5.80. The second-order valence-electron chi connectivity index (χ2n) is 7.39. The normalized spacial score (nSPS) is 23.6. The number of pyridine rings is 1. The lowest BCUT2D eigenvalue weighted by atomic mass is 9.89. The number of likely N-dealkylation sites (tertiary alicyclic amines) is 2. The van der Waals surface area contributed by atoms with Crippen LogP contribution in [0.5, 0.6) is 11.5 Å². The molecule has 0 spiro atoms. The van der Waals surface area contributed by atoms with Crippen LogP contribution in [0, 0.1) is 11.8 Å². The van der Waals surface area contributed by atoms with Crippen LogP contribution in [-0.2, 0) is 4.79 Å². The molecule has 4 rings (SSSR count). The van der Waals surface area contributed by atoms with E-state index in [1.54, 1.807) is 25.0 Å². The van der Waals surface area contributed by atoms with E-state index in [1.165, 1.54) is 12.3 Å². The number of carbonyl (C=O) groups is 2. The monoisotopic (exact) mass is 381 g/mol. The molecule has 3 heterocycles. The Morgan fingerprint density at radius 3 is 2.54 bits per heavy atom. The molecule has 0 aliphatic carbocycles. The number of aromatic nitrogens is 1. The first kappa shape index (κ1) is 18.3. The average molecular weight is 381 g/mol. The molecular weight excluding hydrogens is 358 g/mol. The van der Waals surface area contributed by atoms with Crippen LogP contribution in [0.1, 0.15) is 29.0 Å². The molecule has 0 saturated carbocycles. The van der Waals surface area contributed by atoms with E-state index in [9.17, 15) is 14.7 Å². The van der Waals surface area contributed by atoms with E-state index in [4.69, 9.17) is 4.74 Å². The molecule has 1 aromatic carbocycles. The van der Waals surface area contributed by atoms with Gasteiger partial charge < -0.3 is 19.6 Å². The van der Waals surface area contributed by atoms with Gasteiger partial charge in [0.1, 0.15) is 11.5 Å². The summed E-state index contributed by atoms with van der Waals surface area (Å²) < 4.78 is 5.24. The molecule has 2 saturated heterocycles. The molecule has 0 radical (unpaired) electrons. The Hall–Kier alpha value is -3.09. The van der Waals surface area contributed by atoms with Crippen molar-refractivity contribution in [3.63, 3.8) is 0 Å². The Bertz CT molecular complexity index is 899. The van der Waals surface area contributed by atoms with Crippen molar-refractivity contribution in [3.05, 3.63) is 53.9 Å². The lowest BCUT2D eigenvalue weighted by Gasteiger charge is -2.29. The highest BCUT2D eigenvalue weighted by Gasteiger charge is 2.49. The number of ether oxygens (including phenoxy) is 1. The summed E-state index contributed by atoms with van der Waals surface area (Å²) in [5.74, 6) is 0.770. The molecule has 2 aliphatic heterocycles. The third kappa shape index (κ3) is 3.06. The molecule has 1 aromatic heterocycles. The zero-order chi connectivity index (χ0) is 19.8. The third-order valence-electron chi connectivity index (χ3n) is 5.80. The summed E-state index contributed by atoms with van der Waals surface area (Å²) in [4.78, 5) is 32.8. The fourth-order valence-electron chi connectivity index (χ4n) is 4.47. The minimum atomic E-state index is -0.268. The van der Waals surface area contributed by atoms with Gasteiger partial charge >= 0.3 is 0 Å². The summed E-state index contributed by atoms with van der Waals surface area (Å²) in [5, 5.41) is 9.96. The number of hydrogen-bond donors (Lipinski definition) is 1. The molecule has 28 heavy (non-hydrogen) atoms. The van der Waals surface area contributed by atoms with Gasteiger partial charge in [0.25, 0.3) is 5.91 Å². The predicted molar refractivity (Wildman–Crippen MR) is 102 cm³/mol. The maximum atomic E-state index is 12.8. The summed E-state index contributed by atoms with van der Waals surface area (Å²) in [6.45, 7) is 3.29. The Morgan fingerprint density at radius 1 is 1.14 bits per heavy atom. The van der Waals surface area contributed by atoms with Crippen molar-refractivity contribution >= 4 is 11.8 Å². The quantitative estimate of drug-likeness (QED) is 0.880. The van der Waals surface area contributed by atoms with E-state index in [0.29, 0.717) is 19.6 Å². The number of carbonyl (C=O) groups excluding carboxylic acids is 2. The minimum Gasteiger partial charge on any atom is -0.505 e. The van der Waals surface area contributed by atoms with Crippen LogP contribution in [0.4, 0.5) is 0 Å². The van der Waals surface area contributed by atoms with E-state index in [2.05, 4.69) is 4.98 Å². The van der Waals surface area contributed by atoms with Gasteiger partial charge in [-0.25, -0.2) is 4.98 Å². The number of benzene rings is 1. The first-order chi connectivity index (χ1) is 13.5. The molecular formula is C21H23N3O4. The van der Waals surface area contributed by atoms with Gasteiger partial charge in [-0.1, -0.05) is 12.1 Å². The van der Waals surface area contributed by atoms with Gasteiger partial charge in [0, 0.05) is 44.6 Å². The van der Waals surface area contributed by atoms with Gasteiger partial charge in [0.05, 0.1) is 13.2 Å². The van der Waals surface area contributed by atoms with Crippen molar-refractivity contribution in [1.29, 1.82) is 0 Å². The van der Waals surface area contributed by atoms with Crippen LogP contribution in [0.2, 0.25) is 0 Å². The van der Waals surface area contributed by atoms with Gasteiger partial charge in [-0.05, 0) is 29.8 Å². The van der Waals surface area contributed by atoms with Gasteiger partial charge in [0.2, 0.25) is 5.91 Å². The van der Waals surface area contributed by atoms with Crippen molar-refractivity contribution in [3.8, 4) is 11.5 Å². The molecule has 0 bridgehead atoms. The van der Waals surface area contributed by atoms with Gasteiger partial charge in [-0.3, -0.25) is 9.59 Å². The number of aromatic hydroxyl groups is 1. The second kappa shape index (κ2) is 7.14. The highest BCUT2D eigenvalue weighted by molar-refractivity contribution is 5.95. The molecule has 0 unspecified atom stereocenters. The van der Waals surface area contributed by atoms with Crippen LogP contribution >= 0.6 is 0 Å². The zero-order valence-electron chi connectivity index (χ0n) is 15.9. The molecule has 146 valence electrons. The lowest BCUT2D eigenvalue weighted by Crippen LogP contribution is -2.36. The maximum absolute atomic E-state index is 12.8. The molecule has 2 aliphatic rings. The number of fused-ring (bicyclic) bond motifs is 1. The molecule has 1 N–H and O–H groups in total. The van der Waals surface area contributed by atoms with E-state index in [-0.39, 0.29) is 41.1 Å². The molecule has 7 heteroatoms. The van der Waals surface area contributed by atoms with E-state index in [0.717, 1.165) is 11.3 Å². The first-order valence-electron chi connectivity index (χ1n) is 9.34. The van der Waals surface area contributed by atoms with Crippen LogP contribution in [0.3, 0.4) is 0 Å². The van der Waals surface area contributed by atoms with Crippen LogP contribution in [0.25, 0.3) is 0 Å². The maximum Gasteiger partial charge on any atom is 0.276 e. The van der Waals surface area contributed by atoms with Gasteiger partial charge in [0.15, 0.2) is 5.69 Å². The fraction of sp³-hybridized carbons (Fsp3) is 0.381. The minimum absolute atomic E-state index is 0.0375. The Kier molecular flexibility index (Phi) is 4.66. The van der Waals surface area contributed by atoms with Crippen LogP contribution in [0.15, 0.2) is 42.6 Å². The average Bonchev–Trinajstić information content (AvgIpc) is 3.26. The van der Waals surface area contributed by atoms with Crippen LogP contribution < -0.4 is 4.74 Å². The first-order valence-corrected chi connectivity index (χ1v) is 9.34. The number of hydrogen-bond acceptors (Lipinski definition) is 5. The molecule has 2 aromatic rings. The van der Waals surface area contributed by atoms with Crippen molar-refractivity contribution in [2.75, 3.05) is 26.7 Å². The second-order valence-corrected chi connectivity index (χ2v) is 7.39. The van der Waals surface area contributed by atoms with Crippen LogP contribution in [-0.4, -0.2) is 58.4 Å². The van der Waals surface area contributed by atoms with Gasteiger partial charge in [-0.15, -0.1) is 0 Å². The van der Waals surface area contributed by atoms with Crippen molar-refractivity contribution in [2.45, 2.75) is 13.0 Å². The Labute approximate surface area is 163 Å². The smallest absolute Gasteiger partial charge is 0.276 e. The fourth-order valence-corrected chi connectivity index (χ4v) is 4.47. The van der Waals surface area contributed by atoms with E-state index < -0.39 is 0 Å². The number of amides is 2. The molecule has 2 fully saturated rings. The summed E-state index contributed by atoms with van der Waals surface area (Å²) >= 11 is 0. The number of nitrogens with zero attached hydrogens (tertiary/aromatic N) is 3. The van der Waals surface area contributed by atoms with Crippen molar-refractivity contribution in [1.82, 2.24) is 14.8 Å². The van der Waals surface area contributed by atoms with E-state index >= 15 is 0 Å². The summed E-state index contributed by atoms with van der Waals surface area (Å²) in [6.07, 6.45) is 1.50. The zero-order valence-corrected chi connectivity index (χ0v) is 15.9. The van der Waals surface area contributed by atoms with Crippen molar-refractivity contribution in [2.24, 2.45) is 11.8 Å². The van der Waals surface area contributed by atoms with Crippen molar-refractivity contribution < 1.29 is 19.4 Å². The highest BCUT2D eigenvalue weighted by Crippen LogP contribution is 2.45. The number of methoxy groups -OCH3 is 1. The molecule has 2 amide bonds. The van der Waals surface area contributed by atoms with E-state index in [1.807, 2.05) is 29.2 Å². The largest absolute Gasteiger partial charge is 0.505 e. The Morgan fingerprint density at radius 2 is 1.89 bits per heavy atom. The summed E-state index contributed by atoms with van der Waals surface area (Å²) in [6, 6.07) is 10.7.